The van der Waals surface area contributed by atoms with Gasteiger partial charge in [-0.15, -0.1) is 0 Å². The van der Waals surface area contributed by atoms with Crippen LogP contribution >= 0.6 is 0 Å². The quantitative estimate of drug-likeness (QED) is 0.578. The minimum absolute atomic E-state index is 0.410. The van der Waals surface area contributed by atoms with E-state index >= 15 is 0 Å². The van der Waals surface area contributed by atoms with Crippen LogP contribution in [0.3, 0.4) is 0 Å². The maximum Gasteiger partial charge on any atom is 0.243 e. The van der Waals surface area contributed by atoms with Crippen LogP contribution in [0.5, 0.6) is 0 Å². The Bertz CT molecular complexity index is 436. The van der Waals surface area contributed by atoms with Gasteiger partial charge in [0.15, 0.2) is 0 Å². The Hall–Kier alpha value is -1.82. The molecule has 0 atom stereocenters. The van der Waals surface area contributed by atoms with Crippen LogP contribution in [0.1, 0.15) is 5.56 Å². The molecule has 2 heterocycles. The molecule has 2 aromatic rings. The van der Waals surface area contributed by atoms with Gasteiger partial charge in [-0.2, -0.15) is 5.10 Å². The smallest absolute Gasteiger partial charge is 0.243 e. The van der Waals surface area contributed by atoms with E-state index in [9.17, 15) is 0 Å². The summed E-state index contributed by atoms with van der Waals surface area (Å²) < 4.78 is 1.78. The van der Waals surface area contributed by atoms with E-state index < -0.39 is 0 Å². The van der Waals surface area contributed by atoms with Gasteiger partial charge in [-0.25, -0.2) is 11.1 Å². The minimum Gasteiger partial charge on any atom is -0.312 e. The number of nitrogens with zero attached hydrogens (tertiary/aromatic N) is 3. The molecular formula is C9H7N3. The summed E-state index contributed by atoms with van der Waals surface area (Å²) in [4.78, 5) is 3.32. The largest absolute Gasteiger partial charge is 0.312 e. The van der Waals surface area contributed by atoms with Gasteiger partial charge in [0.2, 0.25) is 6.54 Å². The van der Waals surface area contributed by atoms with Crippen LogP contribution in [-0.2, 0) is 6.54 Å². The number of hydrogen-bond donors (Lipinski definition) is 0. The summed E-state index contributed by atoms with van der Waals surface area (Å²) in [5.41, 5.74) is 2.01. The van der Waals surface area contributed by atoms with Crippen molar-refractivity contribution in [3.05, 3.63) is 47.6 Å². The van der Waals surface area contributed by atoms with Crippen molar-refractivity contribution < 1.29 is 0 Å². The number of hydrogen-bond acceptors (Lipinski definition) is 1. The molecule has 0 saturated heterocycles. The van der Waals surface area contributed by atoms with Gasteiger partial charge in [0, 0.05) is 6.20 Å². The predicted octanol–water partition coefficient (Wildman–Crippen LogP) is 1.75. The highest BCUT2D eigenvalue weighted by Crippen LogP contribution is 2.10. The summed E-state index contributed by atoms with van der Waals surface area (Å²) in [6.07, 6.45) is 3.62. The fraction of sp³-hybridized carbons (Fsp3) is 0.111. The van der Waals surface area contributed by atoms with E-state index in [1.165, 1.54) is 0 Å². The predicted molar refractivity (Wildman–Crippen MR) is 45.5 cm³/mol. The molecule has 0 aliphatic heterocycles. The summed E-state index contributed by atoms with van der Waals surface area (Å²) in [7, 11) is 0. The first-order valence-electron chi connectivity index (χ1n) is 3.66. The normalized spacial score (nSPS) is 9.92. The first-order chi connectivity index (χ1) is 5.92. The van der Waals surface area contributed by atoms with Crippen LogP contribution in [0, 0.1) is 6.57 Å². The lowest BCUT2D eigenvalue weighted by Gasteiger charge is -1.90. The summed E-state index contributed by atoms with van der Waals surface area (Å²) in [6.45, 7) is 7.15. The van der Waals surface area contributed by atoms with Crippen LogP contribution in [0.4, 0.5) is 0 Å². The maximum absolute atomic E-state index is 6.74. The Balaban J connectivity index is 2.64. The van der Waals surface area contributed by atoms with E-state index in [0.29, 0.717) is 6.54 Å². The number of rotatable bonds is 1. The number of fused-ring (bicyclic) bond motifs is 1. The molecule has 12 heavy (non-hydrogen) atoms. The van der Waals surface area contributed by atoms with Crippen LogP contribution < -0.4 is 0 Å². The molecule has 0 radical (unpaired) electrons. The van der Waals surface area contributed by atoms with Gasteiger partial charge in [-0.3, -0.25) is 0 Å². The molecule has 0 N–H and O–H groups in total. The average molecular weight is 157 g/mol. The Morgan fingerprint density at radius 2 is 2.42 bits per heavy atom. The fourth-order valence-electron chi connectivity index (χ4n) is 1.19. The summed E-state index contributed by atoms with van der Waals surface area (Å²) in [6, 6.07) is 5.83. The minimum atomic E-state index is 0.410. The number of aromatic nitrogens is 2. The molecule has 0 spiro atoms. The highest BCUT2D eigenvalue weighted by atomic mass is 15.2. The van der Waals surface area contributed by atoms with Crippen LogP contribution in [0.15, 0.2) is 30.6 Å². The van der Waals surface area contributed by atoms with E-state index in [4.69, 9.17) is 6.57 Å². The third-order valence-corrected chi connectivity index (χ3v) is 1.76. The Morgan fingerprint density at radius 1 is 1.50 bits per heavy atom. The first kappa shape index (κ1) is 6.86. The molecule has 3 heteroatoms. The van der Waals surface area contributed by atoms with E-state index in [0.717, 1.165) is 11.1 Å². The van der Waals surface area contributed by atoms with Gasteiger partial charge < -0.3 is 4.85 Å². The number of pyridine rings is 1. The zero-order valence-electron chi connectivity index (χ0n) is 6.44. The van der Waals surface area contributed by atoms with Crippen LogP contribution in [0.2, 0.25) is 0 Å². The van der Waals surface area contributed by atoms with Crippen molar-refractivity contribution in [3.63, 3.8) is 0 Å². The highest BCUT2D eigenvalue weighted by molar-refractivity contribution is 5.53. The van der Waals surface area contributed by atoms with Gasteiger partial charge >= 0.3 is 0 Å². The van der Waals surface area contributed by atoms with E-state index in [2.05, 4.69) is 9.94 Å². The Labute approximate surface area is 70.1 Å². The second kappa shape index (κ2) is 2.67. The van der Waals surface area contributed by atoms with Crippen molar-refractivity contribution in [2.24, 2.45) is 0 Å². The van der Waals surface area contributed by atoms with Gasteiger partial charge in [0.1, 0.15) is 0 Å². The van der Waals surface area contributed by atoms with E-state index in [1.54, 1.807) is 10.7 Å². The molecule has 0 aliphatic rings. The van der Waals surface area contributed by atoms with Crippen LogP contribution in [-0.4, -0.2) is 9.61 Å². The highest BCUT2D eigenvalue weighted by Gasteiger charge is 2.03. The molecule has 0 aromatic carbocycles. The second-order valence-electron chi connectivity index (χ2n) is 2.52. The molecule has 0 saturated carbocycles. The van der Waals surface area contributed by atoms with Gasteiger partial charge in [0.05, 0.1) is 17.3 Å². The summed E-state index contributed by atoms with van der Waals surface area (Å²) >= 11 is 0. The lowest BCUT2D eigenvalue weighted by atomic mass is 10.3. The van der Waals surface area contributed by atoms with Crippen molar-refractivity contribution in [1.29, 1.82) is 0 Å². The van der Waals surface area contributed by atoms with Crippen LogP contribution in [0.25, 0.3) is 10.4 Å². The zero-order valence-corrected chi connectivity index (χ0v) is 6.44. The van der Waals surface area contributed by atoms with Gasteiger partial charge in [-0.1, -0.05) is 6.07 Å². The fourth-order valence-corrected chi connectivity index (χ4v) is 1.19. The third-order valence-electron chi connectivity index (χ3n) is 1.76. The molecule has 2 rings (SSSR count). The maximum atomic E-state index is 6.74. The van der Waals surface area contributed by atoms with Crippen molar-refractivity contribution in [1.82, 2.24) is 9.61 Å². The van der Waals surface area contributed by atoms with Crippen molar-refractivity contribution >= 4 is 5.52 Å². The standard InChI is InChI=1S/C9H7N3/c1-10-6-8-7-11-12-5-3-2-4-9(8)12/h2-5,7H,6H2. The topological polar surface area (TPSA) is 21.7 Å². The molecule has 0 fully saturated rings. The monoisotopic (exact) mass is 157 g/mol. The van der Waals surface area contributed by atoms with E-state index in [1.807, 2.05) is 24.4 Å². The van der Waals surface area contributed by atoms with E-state index in [-0.39, 0.29) is 0 Å². The SMILES string of the molecule is [C-]#[N+]Cc1cnn2ccccc12. The lowest BCUT2D eigenvalue weighted by molar-refractivity contribution is 0.961. The van der Waals surface area contributed by atoms with Gasteiger partial charge in [-0.05, 0) is 12.1 Å². The summed E-state index contributed by atoms with van der Waals surface area (Å²) in [5, 5.41) is 4.11. The van der Waals surface area contributed by atoms with Gasteiger partial charge in [0.25, 0.3) is 0 Å². The lowest BCUT2D eigenvalue weighted by Crippen LogP contribution is -1.83. The Morgan fingerprint density at radius 3 is 3.25 bits per heavy atom. The zero-order chi connectivity index (χ0) is 8.39. The first-order valence-corrected chi connectivity index (χ1v) is 3.66. The molecule has 0 amide bonds. The summed E-state index contributed by atoms with van der Waals surface area (Å²) in [5.74, 6) is 0. The second-order valence-corrected chi connectivity index (χ2v) is 2.52. The van der Waals surface area contributed by atoms with Crippen molar-refractivity contribution in [3.8, 4) is 0 Å². The molecule has 0 unspecified atom stereocenters. The molecule has 0 aliphatic carbocycles. The average Bonchev–Trinajstić information content (AvgIpc) is 2.50. The molecule has 0 bridgehead atoms. The van der Waals surface area contributed by atoms with Crippen molar-refractivity contribution in [2.45, 2.75) is 6.54 Å². The molecule has 3 nitrogen and oxygen atoms in total. The van der Waals surface area contributed by atoms with Crippen molar-refractivity contribution in [2.75, 3.05) is 0 Å². The third kappa shape index (κ3) is 0.940. The molecule has 2 aromatic heterocycles. The molecular weight excluding hydrogens is 150 g/mol. The molecule has 58 valence electrons. The Kier molecular flexibility index (Phi) is 1.52.